The summed E-state index contributed by atoms with van der Waals surface area (Å²) in [6, 6.07) is 7.18. The number of hydrogen-bond donors (Lipinski definition) is 0. The molecule has 106 valence electrons. The Kier molecular flexibility index (Phi) is 5.26. The molecule has 0 aliphatic heterocycles. The Labute approximate surface area is 117 Å². The van der Waals surface area contributed by atoms with E-state index >= 15 is 0 Å². The average Bonchev–Trinajstić information content (AvgIpc) is 2.46. The molecule has 0 bridgehead atoms. The quantitative estimate of drug-likeness (QED) is 0.724. The minimum atomic E-state index is 0.705. The van der Waals surface area contributed by atoms with Crippen molar-refractivity contribution in [2.24, 2.45) is 0 Å². The van der Waals surface area contributed by atoms with E-state index in [0.717, 1.165) is 12.2 Å². The van der Waals surface area contributed by atoms with Crippen LogP contribution in [0.4, 0.5) is 0 Å². The van der Waals surface area contributed by atoms with Gasteiger partial charge in [-0.05, 0) is 56.5 Å². The van der Waals surface area contributed by atoms with Crippen LogP contribution in [0.1, 0.15) is 43.7 Å². The van der Waals surface area contributed by atoms with Crippen LogP contribution in [0.2, 0.25) is 0 Å². The lowest BCUT2D eigenvalue weighted by molar-refractivity contribution is 0.216. The molecule has 19 heavy (non-hydrogen) atoms. The van der Waals surface area contributed by atoms with Gasteiger partial charge in [-0.3, -0.25) is 0 Å². The number of likely N-dealkylation sites (N-methyl/N-ethyl adjacent to an activating group) is 1. The zero-order chi connectivity index (χ0) is 13.7. The van der Waals surface area contributed by atoms with Crippen LogP contribution in [-0.2, 0) is 12.8 Å². The number of fused-ring (bicyclic) bond motifs is 1. The summed E-state index contributed by atoms with van der Waals surface area (Å²) in [5, 5.41) is 0. The summed E-state index contributed by atoms with van der Waals surface area (Å²) in [5.41, 5.74) is 2.92. The van der Waals surface area contributed by atoms with Crippen molar-refractivity contribution < 1.29 is 4.74 Å². The number of benzene rings is 1. The van der Waals surface area contributed by atoms with Gasteiger partial charge in [0.05, 0.1) is 7.11 Å². The molecule has 2 rings (SSSR count). The molecule has 0 amide bonds. The summed E-state index contributed by atoms with van der Waals surface area (Å²) in [6.07, 6.45) is 7.57. The van der Waals surface area contributed by atoms with Crippen molar-refractivity contribution in [1.29, 1.82) is 0 Å². The Morgan fingerprint density at radius 2 is 2.16 bits per heavy atom. The molecule has 2 nitrogen and oxygen atoms in total. The van der Waals surface area contributed by atoms with Crippen molar-refractivity contribution in [2.45, 2.75) is 51.5 Å². The smallest absolute Gasteiger partial charge is 0.122 e. The van der Waals surface area contributed by atoms with Crippen molar-refractivity contribution in [1.82, 2.24) is 4.90 Å². The monoisotopic (exact) mass is 261 g/mol. The van der Waals surface area contributed by atoms with E-state index < -0.39 is 0 Å². The molecule has 0 saturated heterocycles. The third-order valence-electron chi connectivity index (χ3n) is 4.37. The van der Waals surface area contributed by atoms with E-state index in [9.17, 15) is 0 Å². The number of methoxy groups -OCH3 is 1. The normalized spacial score (nSPS) is 18.4. The van der Waals surface area contributed by atoms with E-state index in [0.29, 0.717) is 6.04 Å². The summed E-state index contributed by atoms with van der Waals surface area (Å²) in [6.45, 7) is 3.50. The fraction of sp³-hybridized carbons (Fsp3) is 0.647. The van der Waals surface area contributed by atoms with Crippen molar-refractivity contribution in [3.05, 3.63) is 29.3 Å². The molecule has 1 atom stereocenters. The van der Waals surface area contributed by atoms with Crippen LogP contribution < -0.4 is 4.74 Å². The first-order valence-electron chi connectivity index (χ1n) is 7.61. The lowest BCUT2D eigenvalue weighted by atomic mass is 9.87. The van der Waals surface area contributed by atoms with Gasteiger partial charge in [0.25, 0.3) is 0 Å². The fourth-order valence-corrected chi connectivity index (χ4v) is 3.11. The lowest BCUT2D eigenvalue weighted by Gasteiger charge is -2.33. The zero-order valence-electron chi connectivity index (χ0n) is 12.6. The summed E-state index contributed by atoms with van der Waals surface area (Å²) in [4.78, 5) is 2.55. The molecular weight excluding hydrogens is 234 g/mol. The second-order valence-electron chi connectivity index (χ2n) is 5.68. The second-order valence-corrected chi connectivity index (χ2v) is 5.68. The Hall–Kier alpha value is -1.02. The van der Waals surface area contributed by atoms with Crippen LogP contribution >= 0.6 is 0 Å². The highest BCUT2D eigenvalue weighted by Gasteiger charge is 2.23. The van der Waals surface area contributed by atoms with E-state index in [4.69, 9.17) is 4.74 Å². The molecule has 0 aromatic heterocycles. The van der Waals surface area contributed by atoms with Gasteiger partial charge in [-0.1, -0.05) is 31.9 Å². The molecular formula is C17H27NO. The fourth-order valence-electron chi connectivity index (χ4n) is 3.11. The molecule has 2 heteroatoms. The summed E-state index contributed by atoms with van der Waals surface area (Å²) >= 11 is 0. The third-order valence-corrected chi connectivity index (χ3v) is 4.37. The summed E-state index contributed by atoms with van der Waals surface area (Å²) < 4.78 is 5.47. The summed E-state index contributed by atoms with van der Waals surface area (Å²) in [7, 11) is 4.06. The number of nitrogens with zero attached hydrogens (tertiary/aromatic N) is 1. The maximum absolute atomic E-state index is 5.47. The van der Waals surface area contributed by atoms with Crippen LogP contribution in [0.5, 0.6) is 5.75 Å². The topological polar surface area (TPSA) is 12.5 Å². The maximum atomic E-state index is 5.47. The standard InChI is InChI=1S/C17H27NO/c1-4-5-6-12-18(2)15-10-11-16-14(13-15)8-7-9-17(16)19-3/h7-9,15H,4-6,10-13H2,1-3H3. The number of hydrogen-bond acceptors (Lipinski definition) is 2. The summed E-state index contributed by atoms with van der Waals surface area (Å²) in [5.74, 6) is 1.07. The van der Waals surface area contributed by atoms with Crippen LogP contribution in [0.3, 0.4) is 0 Å². The van der Waals surface area contributed by atoms with Crippen LogP contribution in [0.25, 0.3) is 0 Å². The van der Waals surface area contributed by atoms with Crippen LogP contribution in [0, 0.1) is 0 Å². The number of unbranched alkanes of at least 4 members (excludes halogenated alkanes) is 2. The van der Waals surface area contributed by atoms with Gasteiger partial charge in [-0.25, -0.2) is 0 Å². The average molecular weight is 261 g/mol. The van der Waals surface area contributed by atoms with Crippen molar-refractivity contribution >= 4 is 0 Å². The first-order valence-corrected chi connectivity index (χ1v) is 7.61. The molecule has 0 heterocycles. The van der Waals surface area contributed by atoms with Gasteiger partial charge in [0.15, 0.2) is 0 Å². The van der Waals surface area contributed by atoms with Crippen molar-refractivity contribution in [3.63, 3.8) is 0 Å². The first kappa shape index (κ1) is 14.4. The van der Waals surface area contributed by atoms with E-state index in [1.807, 2.05) is 0 Å². The van der Waals surface area contributed by atoms with Gasteiger partial charge in [-0.2, -0.15) is 0 Å². The maximum Gasteiger partial charge on any atom is 0.122 e. The largest absolute Gasteiger partial charge is 0.496 e. The molecule has 0 radical (unpaired) electrons. The van der Waals surface area contributed by atoms with Gasteiger partial charge >= 0.3 is 0 Å². The molecule has 0 spiro atoms. The van der Waals surface area contributed by atoms with Crippen molar-refractivity contribution in [2.75, 3.05) is 20.7 Å². The van der Waals surface area contributed by atoms with E-state index in [1.54, 1.807) is 7.11 Å². The third kappa shape index (κ3) is 3.50. The van der Waals surface area contributed by atoms with Crippen molar-refractivity contribution in [3.8, 4) is 5.75 Å². The number of ether oxygens (including phenoxy) is 1. The Bertz CT molecular complexity index is 402. The highest BCUT2D eigenvalue weighted by Crippen LogP contribution is 2.30. The minimum absolute atomic E-state index is 0.705. The lowest BCUT2D eigenvalue weighted by Crippen LogP contribution is -2.37. The van der Waals surface area contributed by atoms with E-state index in [1.165, 1.54) is 49.8 Å². The second kappa shape index (κ2) is 6.95. The molecule has 1 aliphatic rings. The Balaban J connectivity index is 1.98. The molecule has 0 N–H and O–H groups in total. The van der Waals surface area contributed by atoms with Gasteiger partial charge in [0, 0.05) is 6.04 Å². The predicted octanol–water partition coefficient (Wildman–Crippen LogP) is 3.67. The van der Waals surface area contributed by atoms with Gasteiger partial charge in [0.2, 0.25) is 0 Å². The van der Waals surface area contributed by atoms with Crippen LogP contribution in [-0.4, -0.2) is 31.6 Å². The Morgan fingerprint density at radius 3 is 2.89 bits per heavy atom. The van der Waals surface area contributed by atoms with E-state index in [2.05, 4.69) is 37.1 Å². The highest BCUT2D eigenvalue weighted by atomic mass is 16.5. The molecule has 0 fully saturated rings. The van der Waals surface area contributed by atoms with Crippen LogP contribution in [0.15, 0.2) is 18.2 Å². The zero-order valence-corrected chi connectivity index (χ0v) is 12.6. The molecule has 1 unspecified atom stereocenters. The SMILES string of the molecule is CCCCCN(C)C1CCc2c(cccc2OC)C1. The van der Waals surface area contributed by atoms with Gasteiger partial charge in [0.1, 0.15) is 5.75 Å². The first-order chi connectivity index (χ1) is 9.26. The van der Waals surface area contributed by atoms with Gasteiger partial charge in [-0.15, -0.1) is 0 Å². The highest BCUT2D eigenvalue weighted by molar-refractivity contribution is 5.42. The Morgan fingerprint density at radius 1 is 1.32 bits per heavy atom. The molecule has 1 aromatic carbocycles. The molecule has 0 saturated carbocycles. The minimum Gasteiger partial charge on any atom is -0.496 e. The predicted molar refractivity (Wildman–Crippen MR) is 81.0 cm³/mol. The van der Waals surface area contributed by atoms with Gasteiger partial charge < -0.3 is 9.64 Å². The molecule has 1 aromatic rings. The van der Waals surface area contributed by atoms with E-state index in [-0.39, 0.29) is 0 Å². The number of rotatable bonds is 6. The molecule has 1 aliphatic carbocycles.